The van der Waals surface area contributed by atoms with Crippen molar-refractivity contribution in [1.82, 2.24) is 9.97 Å². The molecule has 0 spiro atoms. The Labute approximate surface area is 157 Å². The number of halogens is 1. The summed E-state index contributed by atoms with van der Waals surface area (Å²) in [6.07, 6.45) is 0.745. The van der Waals surface area contributed by atoms with Crippen molar-refractivity contribution >= 4 is 46.0 Å². The van der Waals surface area contributed by atoms with E-state index in [1.54, 1.807) is 7.11 Å². The summed E-state index contributed by atoms with van der Waals surface area (Å²) < 4.78 is 11.5. The molecular weight excluding hydrogens is 350 g/mol. The number of benzene rings is 2. The lowest BCUT2D eigenvalue weighted by molar-refractivity contribution is 0.416. The van der Waals surface area contributed by atoms with Crippen molar-refractivity contribution in [2.75, 3.05) is 12.4 Å². The SMILES string of the molecule is CCc1nc(Nc2cc(C)ccc2OC)c2oc3ccccc3c2n1.Cl. The van der Waals surface area contributed by atoms with E-state index in [1.807, 2.05) is 56.3 Å². The summed E-state index contributed by atoms with van der Waals surface area (Å²) >= 11 is 0. The van der Waals surface area contributed by atoms with Gasteiger partial charge in [0.05, 0.1) is 12.8 Å². The smallest absolute Gasteiger partial charge is 0.196 e. The molecule has 5 nitrogen and oxygen atoms in total. The van der Waals surface area contributed by atoms with Gasteiger partial charge in [0.25, 0.3) is 0 Å². The third-order valence-electron chi connectivity index (χ3n) is 4.19. The highest BCUT2D eigenvalue weighted by Gasteiger charge is 2.16. The van der Waals surface area contributed by atoms with Gasteiger partial charge in [0, 0.05) is 11.8 Å². The number of para-hydroxylation sites is 1. The van der Waals surface area contributed by atoms with Crippen LogP contribution in [0.4, 0.5) is 11.5 Å². The van der Waals surface area contributed by atoms with Crippen LogP contribution in [-0.2, 0) is 6.42 Å². The summed E-state index contributed by atoms with van der Waals surface area (Å²) in [6, 6.07) is 13.9. The Morgan fingerprint density at radius 1 is 1.12 bits per heavy atom. The fraction of sp³-hybridized carbons (Fsp3) is 0.200. The lowest BCUT2D eigenvalue weighted by Crippen LogP contribution is -2.01. The molecule has 4 rings (SSSR count). The van der Waals surface area contributed by atoms with E-state index >= 15 is 0 Å². The summed E-state index contributed by atoms with van der Waals surface area (Å²) in [5.41, 5.74) is 4.27. The zero-order chi connectivity index (χ0) is 17.4. The molecular formula is C20H20ClN3O2. The van der Waals surface area contributed by atoms with Crippen LogP contribution in [0.3, 0.4) is 0 Å². The number of aromatic nitrogens is 2. The van der Waals surface area contributed by atoms with Gasteiger partial charge in [-0.05, 0) is 36.8 Å². The third-order valence-corrected chi connectivity index (χ3v) is 4.19. The predicted octanol–water partition coefficient (Wildman–Crippen LogP) is 5.42. The molecule has 2 aromatic carbocycles. The quantitative estimate of drug-likeness (QED) is 0.520. The summed E-state index contributed by atoms with van der Waals surface area (Å²) in [5.74, 6) is 2.18. The number of hydrogen-bond donors (Lipinski definition) is 1. The van der Waals surface area contributed by atoms with Crippen LogP contribution in [0.1, 0.15) is 18.3 Å². The van der Waals surface area contributed by atoms with Crippen molar-refractivity contribution in [2.45, 2.75) is 20.3 Å². The standard InChI is InChI=1S/C20H19N3O2.ClH/c1-4-17-22-18-13-7-5-6-8-15(13)25-19(18)20(23-17)21-14-11-12(2)9-10-16(14)24-3;/h5-11H,4H2,1-3H3,(H,21,22,23);1H. The topological polar surface area (TPSA) is 60.2 Å². The number of hydrogen-bond acceptors (Lipinski definition) is 5. The maximum absolute atomic E-state index is 6.03. The van der Waals surface area contributed by atoms with Gasteiger partial charge in [-0.15, -0.1) is 12.4 Å². The zero-order valence-electron chi connectivity index (χ0n) is 14.9. The van der Waals surface area contributed by atoms with Gasteiger partial charge < -0.3 is 14.5 Å². The molecule has 4 aromatic rings. The van der Waals surface area contributed by atoms with Crippen LogP contribution in [0.25, 0.3) is 22.1 Å². The van der Waals surface area contributed by atoms with E-state index in [-0.39, 0.29) is 12.4 Å². The minimum atomic E-state index is 0. The van der Waals surface area contributed by atoms with Crippen molar-refractivity contribution < 1.29 is 9.15 Å². The summed E-state index contributed by atoms with van der Waals surface area (Å²) in [5, 5.41) is 4.37. The molecule has 0 aliphatic carbocycles. The van der Waals surface area contributed by atoms with Crippen LogP contribution < -0.4 is 10.1 Å². The molecule has 6 heteroatoms. The number of methoxy groups -OCH3 is 1. The van der Waals surface area contributed by atoms with E-state index in [0.717, 1.165) is 45.7 Å². The normalized spacial score (nSPS) is 10.7. The molecule has 134 valence electrons. The predicted molar refractivity (Wildman–Crippen MR) is 107 cm³/mol. The Kier molecular flexibility index (Phi) is 5.00. The van der Waals surface area contributed by atoms with Gasteiger partial charge in [-0.3, -0.25) is 0 Å². The molecule has 0 bridgehead atoms. The van der Waals surface area contributed by atoms with Crippen molar-refractivity contribution in [1.29, 1.82) is 0 Å². The molecule has 0 saturated carbocycles. The highest BCUT2D eigenvalue weighted by Crippen LogP contribution is 2.35. The maximum atomic E-state index is 6.03. The van der Waals surface area contributed by atoms with Crippen LogP contribution in [0.5, 0.6) is 5.75 Å². The lowest BCUT2D eigenvalue weighted by atomic mass is 10.2. The average Bonchev–Trinajstić information content (AvgIpc) is 3.01. The molecule has 2 heterocycles. The lowest BCUT2D eigenvalue weighted by Gasteiger charge is -2.12. The number of furan rings is 1. The van der Waals surface area contributed by atoms with Crippen LogP contribution >= 0.6 is 12.4 Å². The van der Waals surface area contributed by atoms with E-state index in [4.69, 9.17) is 9.15 Å². The maximum Gasteiger partial charge on any atom is 0.196 e. The van der Waals surface area contributed by atoms with Crippen molar-refractivity contribution in [2.24, 2.45) is 0 Å². The Hall–Kier alpha value is -2.79. The monoisotopic (exact) mass is 369 g/mol. The van der Waals surface area contributed by atoms with Gasteiger partial charge >= 0.3 is 0 Å². The van der Waals surface area contributed by atoms with E-state index in [1.165, 1.54) is 0 Å². The molecule has 0 radical (unpaired) electrons. The van der Waals surface area contributed by atoms with Crippen molar-refractivity contribution in [3.8, 4) is 5.75 Å². The summed E-state index contributed by atoms with van der Waals surface area (Å²) in [4.78, 5) is 9.31. The fourth-order valence-electron chi connectivity index (χ4n) is 2.93. The number of fused-ring (bicyclic) bond motifs is 3. The van der Waals surface area contributed by atoms with Crippen LogP contribution in [0, 0.1) is 6.92 Å². The minimum absolute atomic E-state index is 0. The number of nitrogens with one attached hydrogen (secondary N) is 1. The number of aryl methyl sites for hydroxylation is 2. The molecule has 1 N–H and O–H groups in total. The molecule has 26 heavy (non-hydrogen) atoms. The zero-order valence-corrected chi connectivity index (χ0v) is 15.7. The Morgan fingerprint density at radius 3 is 2.69 bits per heavy atom. The van der Waals surface area contributed by atoms with Gasteiger partial charge in [0.15, 0.2) is 11.4 Å². The Balaban J connectivity index is 0.00000196. The number of rotatable bonds is 4. The van der Waals surface area contributed by atoms with Gasteiger partial charge in [-0.25, -0.2) is 9.97 Å². The number of anilines is 2. The highest BCUT2D eigenvalue weighted by molar-refractivity contribution is 6.06. The minimum Gasteiger partial charge on any atom is -0.495 e. The van der Waals surface area contributed by atoms with Gasteiger partial charge in [-0.1, -0.05) is 25.1 Å². The molecule has 0 aliphatic rings. The second-order valence-corrected chi connectivity index (χ2v) is 5.95. The Morgan fingerprint density at radius 2 is 1.92 bits per heavy atom. The first-order valence-electron chi connectivity index (χ1n) is 8.29. The van der Waals surface area contributed by atoms with Crippen LogP contribution in [0.2, 0.25) is 0 Å². The number of nitrogens with zero attached hydrogens (tertiary/aromatic N) is 2. The fourth-order valence-corrected chi connectivity index (χ4v) is 2.93. The van der Waals surface area contributed by atoms with Gasteiger partial charge in [0.1, 0.15) is 22.7 Å². The third kappa shape index (κ3) is 3.06. The van der Waals surface area contributed by atoms with Gasteiger partial charge in [0.2, 0.25) is 0 Å². The van der Waals surface area contributed by atoms with E-state index < -0.39 is 0 Å². The van der Waals surface area contributed by atoms with Gasteiger partial charge in [-0.2, -0.15) is 0 Å². The highest BCUT2D eigenvalue weighted by atomic mass is 35.5. The van der Waals surface area contributed by atoms with E-state index in [0.29, 0.717) is 11.4 Å². The molecule has 0 unspecified atom stereocenters. The molecule has 2 aromatic heterocycles. The molecule has 0 amide bonds. The second kappa shape index (κ2) is 7.22. The average molecular weight is 370 g/mol. The largest absolute Gasteiger partial charge is 0.495 e. The van der Waals surface area contributed by atoms with Crippen molar-refractivity contribution in [3.05, 3.63) is 53.9 Å². The summed E-state index contributed by atoms with van der Waals surface area (Å²) in [6.45, 7) is 4.08. The molecule has 0 fully saturated rings. The van der Waals surface area contributed by atoms with E-state index in [9.17, 15) is 0 Å². The first-order valence-corrected chi connectivity index (χ1v) is 8.29. The summed E-state index contributed by atoms with van der Waals surface area (Å²) in [7, 11) is 1.66. The molecule has 0 saturated heterocycles. The first kappa shape index (κ1) is 18.0. The molecule has 0 atom stereocenters. The molecule has 0 aliphatic heterocycles. The van der Waals surface area contributed by atoms with Crippen LogP contribution in [0.15, 0.2) is 46.9 Å². The Bertz CT molecular complexity index is 1080. The van der Waals surface area contributed by atoms with Crippen molar-refractivity contribution in [3.63, 3.8) is 0 Å². The number of ether oxygens (including phenoxy) is 1. The van der Waals surface area contributed by atoms with E-state index in [2.05, 4.69) is 15.3 Å². The first-order chi connectivity index (χ1) is 12.2. The second-order valence-electron chi connectivity index (χ2n) is 5.95. The van der Waals surface area contributed by atoms with Crippen LogP contribution in [-0.4, -0.2) is 17.1 Å².